The molecular weight excluding hydrogens is 501 g/mol. The molecule has 0 aliphatic carbocycles. The van der Waals surface area contributed by atoms with Gasteiger partial charge in [0.1, 0.15) is 5.75 Å². The number of methoxy groups -OCH3 is 1. The van der Waals surface area contributed by atoms with Crippen molar-refractivity contribution in [3.63, 3.8) is 0 Å². The van der Waals surface area contributed by atoms with E-state index in [1.807, 2.05) is 30.3 Å². The number of nitrogens with zero attached hydrogens (tertiary/aromatic N) is 3. The number of carboxylic acid groups (broad SMARTS) is 1. The van der Waals surface area contributed by atoms with E-state index in [4.69, 9.17) is 32.9 Å². The molecule has 168 valence electrons. The summed E-state index contributed by atoms with van der Waals surface area (Å²) in [5.74, 6) is -0.521. The number of carbonyl (C=O) groups is 1. The normalized spacial score (nSPS) is 14.6. The number of thioether (sulfide) groups is 1. The topological polar surface area (TPSA) is 77.2 Å². The first-order valence-electron chi connectivity index (χ1n) is 9.93. The molecule has 0 amide bonds. The predicted octanol–water partition coefficient (Wildman–Crippen LogP) is 7.15. The summed E-state index contributed by atoms with van der Waals surface area (Å²) in [6.45, 7) is 3.88. The van der Waals surface area contributed by atoms with Gasteiger partial charge in [-0.1, -0.05) is 52.7 Å². The second kappa shape index (κ2) is 8.36. The quantitative estimate of drug-likeness (QED) is 0.309. The first kappa shape index (κ1) is 22.3. The highest BCUT2D eigenvalue weighted by molar-refractivity contribution is 8.01. The lowest BCUT2D eigenvalue weighted by atomic mass is 10.0. The summed E-state index contributed by atoms with van der Waals surface area (Å²) in [4.78, 5) is 17.2. The van der Waals surface area contributed by atoms with Crippen LogP contribution in [-0.2, 0) is 0 Å². The van der Waals surface area contributed by atoms with Gasteiger partial charge in [-0.15, -0.1) is 11.8 Å². The molecule has 1 unspecified atom stereocenters. The number of benzene rings is 2. The minimum Gasteiger partial charge on any atom is -0.496 e. The summed E-state index contributed by atoms with van der Waals surface area (Å²) < 4.78 is 7.86. The molecule has 0 fully saturated rings. The first-order chi connectivity index (χ1) is 15.8. The van der Waals surface area contributed by atoms with Crippen molar-refractivity contribution in [3.05, 3.63) is 63.4 Å². The van der Waals surface area contributed by atoms with E-state index >= 15 is 0 Å². The zero-order valence-electron chi connectivity index (χ0n) is 17.7. The van der Waals surface area contributed by atoms with Gasteiger partial charge in [0.05, 0.1) is 32.8 Å². The molecule has 3 heterocycles. The van der Waals surface area contributed by atoms with Gasteiger partial charge in [-0.3, -0.25) is 0 Å². The van der Waals surface area contributed by atoms with Crippen LogP contribution in [0.4, 0.5) is 0 Å². The molecule has 1 N–H and O–H groups in total. The van der Waals surface area contributed by atoms with Crippen LogP contribution in [0.25, 0.3) is 27.5 Å². The van der Waals surface area contributed by atoms with Crippen molar-refractivity contribution in [2.24, 2.45) is 0 Å². The number of aryl methyl sites for hydroxylation is 1. The van der Waals surface area contributed by atoms with Crippen LogP contribution < -0.4 is 4.74 Å². The molecule has 2 aromatic heterocycles. The number of thiazole rings is 1. The summed E-state index contributed by atoms with van der Waals surface area (Å²) in [6, 6.07) is 11.0. The van der Waals surface area contributed by atoms with Gasteiger partial charge >= 0.3 is 5.97 Å². The van der Waals surface area contributed by atoms with Gasteiger partial charge in [0.25, 0.3) is 0 Å². The van der Waals surface area contributed by atoms with Crippen molar-refractivity contribution in [2.45, 2.75) is 23.3 Å². The lowest BCUT2D eigenvalue weighted by molar-refractivity contribution is 0.0688. The number of rotatable bonds is 4. The van der Waals surface area contributed by atoms with E-state index in [0.29, 0.717) is 37.7 Å². The minimum atomic E-state index is -1.10. The van der Waals surface area contributed by atoms with E-state index in [0.717, 1.165) is 21.0 Å². The smallest absolute Gasteiger partial charge is 0.355 e. The van der Waals surface area contributed by atoms with Crippen LogP contribution in [0.5, 0.6) is 5.75 Å². The standard InChI is InChI=1S/C23H17Cl2N3O3S2/c1-10-18(12-6-4-5-7-17(12)31-3)20(21(29)30)28(27-10)23-26-19-14-9-16(25)15(24)8-13(14)11(2)32-22(19)33-23/h4-9,11H,1-3H3,(H,29,30). The van der Waals surface area contributed by atoms with Gasteiger partial charge in [-0.25, -0.2) is 9.78 Å². The second-order valence-electron chi connectivity index (χ2n) is 7.47. The zero-order chi connectivity index (χ0) is 23.4. The lowest BCUT2D eigenvalue weighted by Gasteiger charge is -2.21. The van der Waals surface area contributed by atoms with E-state index in [9.17, 15) is 9.90 Å². The highest BCUT2D eigenvalue weighted by Gasteiger charge is 2.31. The maximum Gasteiger partial charge on any atom is 0.355 e. The Morgan fingerprint density at radius 2 is 1.91 bits per heavy atom. The maximum absolute atomic E-state index is 12.4. The van der Waals surface area contributed by atoms with Gasteiger partial charge in [0, 0.05) is 21.9 Å². The molecule has 2 aromatic carbocycles. The summed E-state index contributed by atoms with van der Waals surface area (Å²) in [5, 5.41) is 16.3. The third-order valence-electron chi connectivity index (χ3n) is 5.47. The van der Waals surface area contributed by atoms with E-state index in [2.05, 4.69) is 12.0 Å². The molecule has 0 bridgehead atoms. The number of hydrogen-bond donors (Lipinski definition) is 1. The Hall–Kier alpha value is -2.52. The molecule has 0 radical (unpaired) electrons. The van der Waals surface area contributed by atoms with Crippen molar-refractivity contribution in [1.29, 1.82) is 0 Å². The number of ether oxygens (including phenoxy) is 1. The van der Waals surface area contributed by atoms with Gasteiger partial charge in [0.2, 0.25) is 5.13 Å². The van der Waals surface area contributed by atoms with Gasteiger partial charge in [-0.05, 0) is 37.6 Å². The number of carboxylic acids is 1. The average Bonchev–Trinajstić information content (AvgIpc) is 3.36. The Morgan fingerprint density at radius 3 is 2.64 bits per heavy atom. The fraction of sp³-hybridized carbons (Fsp3) is 0.174. The minimum absolute atomic E-state index is 0.0375. The first-order valence-corrected chi connectivity index (χ1v) is 12.4. The highest BCUT2D eigenvalue weighted by Crippen LogP contribution is 2.53. The van der Waals surface area contributed by atoms with Crippen molar-refractivity contribution >= 4 is 52.3 Å². The van der Waals surface area contributed by atoms with Gasteiger partial charge in [-0.2, -0.15) is 9.78 Å². The Kier molecular flexibility index (Phi) is 5.64. The Morgan fingerprint density at radius 1 is 1.18 bits per heavy atom. The average molecular weight is 518 g/mol. The molecule has 0 saturated carbocycles. The van der Waals surface area contributed by atoms with Crippen molar-refractivity contribution in [2.75, 3.05) is 7.11 Å². The van der Waals surface area contributed by atoms with Gasteiger partial charge in [0.15, 0.2) is 5.69 Å². The molecule has 1 aliphatic heterocycles. The van der Waals surface area contributed by atoms with Crippen LogP contribution in [0.15, 0.2) is 40.6 Å². The number of para-hydroxylation sites is 1. The highest BCUT2D eigenvalue weighted by atomic mass is 35.5. The number of hydrogen-bond acceptors (Lipinski definition) is 6. The lowest BCUT2D eigenvalue weighted by Crippen LogP contribution is -2.09. The SMILES string of the molecule is COc1ccccc1-c1c(C)nn(-c2nc3c(s2)SC(C)c2cc(Cl)c(Cl)cc2-3)c1C(=O)O. The number of aromatic nitrogens is 3. The molecule has 10 heteroatoms. The molecule has 33 heavy (non-hydrogen) atoms. The molecule has 1 atom stereocenters. The van der Waals surface area contributed by atoms with Gasteiger partial charge < -0.3 is 9.84 Å². The van der Waals surface area contributed by atoms with Crippen LogP contribution >= 0.6 is 46.3 Å². The Balaban J connectivity index is 1.72. The second-order valence-corrected chi connectivity index (χ2v) is 10.9. The van der Waals surface area contributed by atoms with Crippen LogP contribution in [-0.4, -0.2) is 33.0 Å². The maximum atomic E-state index is 12.4. The molecule has 1 aliphatic rings. The van der Waals surface area contributed by atoms with E-state index in [1.54, 1.807) is 31.9 Å². The monoisotopic (exact) mass is 517 g/mol. The fourth-order valence-electron chi connectivity index (χ4n) is 4.00. The largest absolute Gasteiger partial charge is 0.496 e. The third-order valence-corrected chi connectivity index (χ3v) is 8.58. The Bertz CT molecular complexity index is 1430. The summed E-state index contributed by atoms with van der Waals surface area (Å²) in [5.41, 5.74) is 4.48. The predicted molar refractivity (Wildman–Crippen MR) is 133 cm³/mol. The van der Waals surface area contributed by atoms with Crippen LogP contribution in [0.3, 0.4) is 0 Å². The molecule has 0 saturated heterocycles. The van der Waals surface area contributed by atoms with Crippen LogP contribution in [0.2, 0.25) is 10.0 Å². The van der Waals surface area contributed by atoms with Crippen molar-refractivity contribution in [1.82, 2.24) is 14.8 Å². The molecule has 4 aromatic rings. The molecule has 6 nitrogen and oxygen atoms in total. The van der Waals surface area contributed by atoms with E-state index in [-0.39, 0.29) is 10.9 Å². The summed E-state index contributed by atoms with van der Waals surface area (Å²) >= 11 is 15.6. The van der Waals surface area contributed by atoms with Crippen molar-refractivity contribution in [3.8, 4) is 33.3 Å². The molecule has 5 rings (SSSR count). The Labute approximate surface area is 208 Å². The van der Waals surface area contributed by atoms with Crippen LogP contribution in [0.1, 0.15) is 33.9 Å². The molecule has 0 spiro atoms. The number of fused-ring (bicyclic) bond motifs is 3. The molecular formula is C23H17Cl2N3O3S2. The number of aromatic carboxylic acids is 1. The summed E-state index contributed by atoms with van der Waals surface area (Å²) in [7, 11) is 1.56. The fourth-order valence-corrected chi connectivity index (χ4v) is 6.87. The van der Waals surface area contributed by atoms with Crippen molar-refractivity contribution < 1.29 is 14.6 Å². The van der Waals surface area contributed by atoms with E-state index < -0.39 is 5.97 Å². The summed E-state index contributed by atoms with van der Waals surface area (Å²) in [6.07, 6.45) is 0. The third kappa shape index (κ3) is 3.61. The number of halogens is 2. The van der Waals surface area contributed by atoms with E-state index in [1.165, 1.54) is 16.0 Å². The van der Waals surface area contributed by atoms with Crippen LogP contribution in [0, 0.1) is 6.92 Å². The zero-order valence-corrected chi connectivity index (χ0v) is 20.9.